The maximum atomic E-state index is 12.6. The Morgan fingerprint density at radius 1 is 1.40 bits per heavy atom. The number of aryl methyl sites for hydroxylation is 1. The third-order valence-corrected chi connectivity index (χ3v) is 4.90. The first-order valence-corrected chi connectivity index (χ1v) is 8.71. The fraction of sp³-hybridized carbons (Fsp3) is 0.500. The zero-order valence-electron chi connectivity index (χ0n) is 15.1. The molecule has 0 spiro atoms. The van der Waals surface area contributed by atoms with Crippen molar-refractivity contribution >= 4 is 11.7 Å². The SMILES string of the molecule is CC(c1ccncc1)N(C)C(=O)NC1CCCN(c2cnn(C)c2)C1. The average Bonchev–Trinajstić information content (AvgIpc) is 3.08. The molecule has 1 fully saturated rings. The molecule has 7 heteroatoms. The highest BCUT2D eigenvalue weighted by Crippen LogP contribution is 2.21. The van der Waals surface area contributed by atoms with Gasteiger partial charge in [0.05, 0.1) is 17.9 Å². The van der Waals surface area contributed by atoms with Crippen LogP contribution in [0.5, 0.6) is 0 Å². The van der Waals surface area contributed by atoms with Crippen molar-refractivity contribution in [2.75, 3.05) is 25.0 Å². The minimum atomic E-state index is -0.0395. The Labute approximate surface area is 148 Å². The van der Waals surface area contributed by atoms with Crippen LogP contribution in [0.15, 0.2) is 36.9 Å². The number of hydrogen-bond donors (Lipinski definition) is 1. The molecule has 1 saturated heterocycles. The molecule has 0 radical (unpaired) electrons. The van der Waals surface area contributed by atoms with Crippen molar-refractivity contribution in [1.29, 1.82) is 0 Å². The van der Waals surface area contributed by atoms with Gasteiger partial charge < -0.3 is 15.1 Å². The molecule has 7 nitrogen and oxygen atoms in total. The van der Waals surface area contributed by atoms with Gasteiger partial charge in [-0.3, -0.25) is 9.67 Å². The summed E-state index contributed by atoms with van der Waals surface area (Å²) in [5.74, 6) is 0. The highest BCUT2D eigenvalue weighted by molar-refractivity contribution is 5.75. The third-order valence-electron chi connectivity index (χ3n) is 4.90. The number of pyridine rings is 1. The van der Waals surface area contributed by atoms with E-state index < -0.39 is 0 Å². The van der Waals surface area contributed by atoms with Crippen molar-refractivity contribution in [3.05, 3.63) is 42.5 Å². The third kappa shape index (κ3) is 4.10. The second-order valence-electron chi connectivity index (χ2n) is 6.67. The molecule has 2 amide bonds. The van der Waals surface area contributed by atoms with Crippen molar-refractivity contribution in [3.8, 4) is 0 Å². The quantitative estimate of drug-likeness (QED) is 0.925. The van der Waals surface area contributed by atoms with Crippen LogP contribution in [-0.2, 0) is 7.05 Å². The molecule has 3 heterocycles. The van der Waals surface area contributed by atoms with Crippen molar-refractivity contribution in [2.24, 2.45) is 7.05 Å². The standard InChI is InChI=1S/C18H26N6O/c1-14(15-6-8-19-9-7-15)23(3)18(25)21-16-5-4-10-24(12-16)17-11-20-22(2)13-17/h6-9,11,13-14,16H,4-5,10,12H2,1-3H3,(H,21,25). The smallest absolute Gasteiger partial charge is 0.317 e. The summed E-state index contributed by atoms with van der Waals surface area (Å²) in [6.07, 6.45) is 9.46. The van der Waals surface area contributed by atoms with Crippen LogP contribution in [0.4, 0.5) is 10.5 Å². The molecule has 0 aliphatic carbocycles. The Kier molecular flexibility index (Phi) is 5.21. The number of aromatic nitrogens is 3. The van der Waals surface area contributed by atoms with Crippen LogP contribution in [0.2, 0.25) is 0 Å². The number of rotatable bonds is 4. The lowest BCUT2D eigenvalue weighted by atomic mass is 10.1. The van der Waals surface area contributed by atoms with E-state index in [4.69, 9.17) is 0 Å². The van der Waals surface area contributed by atoms with Gasteiger partial charge in [0, 0.05) is 51.8 Å². The summed E-state index contributed by atoms with van der Waals surface area (Å²) in [7, 11) is 3.75. The van der Waals surface area contributed by atoms with Gasteiger partial charge in [0.1, 0.15) is 0 Å². The molecule has 0 saturated carbocycles. The topological polar surface area (TPSA) is 66.3 Å². The molecular weight excluding hydrogens is 316 g/mol. The van der Waals surface area contributed by atoms with Crippen molar-refractivity contribution < 1.29 is 4.79 Å². The second-order valence-corrected chi connectivity index (χ2v) is 6.67. The van der Waals surface area contributed by atoms with E-state index in [1.807, 2.05) is 50.2 Å². The zero-order chi connectivity index (χ0) is 17.8. The van der Waals surface area contributed by atoms with E-state index in [-0.39, 0.29) is 18.1 Å². The number of piperidine rings is 1. The molecule has 134 valence electrons. The summed E-state index contributed by atoms with van der Waals surface area (Å²) >= 11 is 0. The lowest BCUT2D eigenvalue weighted by Gasteiger charge is -2.35. The fourth-order valence-corrected chi connectivity index (χ4v) is 3.22. The number of anilines is 1. The lowest BCUT2D eigenvalue weighted by Crippen LogP contribution is -2.51. The monoisotopic (exact) mass is 342 g/mol. The van der Waals surface area contributed by atoms with Crippen LogP contribution in [0, 0.1) is 0 Å². The predicted octanol–water partition coefficient (Wildman–Crippen LogP) is 2.19. The highest BCUT2D eigenvalue weighted by Gasteiger charge is 2.25. The van der Waals surface area contributed by atoms with Crippen LogP contribution in [0.1, 0.15) is 31.4 Å². The summed E-state index contributed by atoms with van der Waals surface area (Å²) in [5, 5.41) is 7.42. The maximum Gasteiger partial charge on any atom is 0.317 e. The van der Waals surface area contributed by atoms with Gasteiger partial charge in [0.2, 0.25) is 0 Å². The average molecular weight is 342 g/mol. The van der Waals surface area contributed by atoms with E-state index in [0.717, 1.165) is 37.2 Å². The molecule has 0 bridgehead atoms. The summed E-state index contributed by atoms with van der Waals surface area (Å²) in [5.41, 5.74) is 2.19. The molecule has 2 unspecified atom stereocenters. The molecule has 2 aromatic rings. The number of carbonyl (C=O) groups is 1. The number of nitrogens with one attached hydrogen (secondary N) is 1. The van der Waals surface area contributed by atoms with Gasteiger partial charge in [-0.05, 0) is 37.5 Å². The van der Waals surface area contributed by atoms with Gasteiger partial charge in [-0.2, -0.15) is 5.10 Å². The number of urea groups is 1. The first kappa shape index (κ1) is 17.3. The van der Waals surface area contributed by atoms with E-state index in [2.05, 4.69) is 20.3 Å². The van der Waals surface area contributed by atoms with Gasteiger partial charge >= 0.3 is 6.03 Å². The van der Waals surface area contributed by atoms with Crippen molar-refractivity contribution in [2.45, 2.75) is 31.8 Å². The molecule has 1 aliphatic heterocycles. The normalized spacial score (nSPS) is 18.7. The van der Waals surface area contributed by atoms with Crippen LogP contribution in [-0.4, -0.2) is 51.9 Å². The van der Waals surface area contributed by atoms with Gasteiger partial charge in [-0.25, -0.2) is 4.79 Å². The molecule has 0 aromatic carbocycles. The zero-order valence-corrected chi connectivity index (χ0v) is 15.1. The van der Waals surface area contributed by atoms with Crippen LogP contribution in [0.25, 0.3) is 0 Å². The van der Waals surface area contributed by atoms with Crippen LogP contribution >= 0.6 is 0 Å². The molecule has 1 aliphatic rings. The van der Waals surface area contributed by atoms with Crippen molar-refractivity contribution in [3.63, 3.8) is 0 Å². The number of nitrogens with zero attached hydrogens (tertiary/aromatic N) is 5. The predicted molar refractivity (Wildman–Crippen MR) is 97.4 cm³/mol. The Hall–Kier alpha value is -2.57. The summed E-state index contributed by atoms with van der Waals surface area (Å²) < 4.78 is 1.81. The molecule has 2 aromatic heterocycles. The molecule has 3 rings (SSSR count). The number of carbonyl (C=O) groups excluding carboxylic acids is 1. The summed E-state index contributed by atoms with van der Waals surface area (Å²) in [6.45, 7) is 3.84. The lowest BCUT2D eigenvalue weighted by molar-refractivity contribution is 0.188. The first-order valence-electron chi connectivity index (χ1n) is 8.71. The second kappa shape index (κ2) is 7.55. The molecule has 2 atom stereocenters. The van der Waals surface area contributed by atoms with Gasteiger partial charge in [0.25, 0.3) is 0 Å². The van der Waals surface area contributed by atoms with E-state index in [9.17, 15) is 4.79 Å². The molecule has 1 N–H and O–H groups in total. The molecule has 25 heavy (non-hydrogen) atoms. The Bertz CT molecular complexity index is 701. The van der Waals surface area contributed by atoms with E-state index in [1.54, 1.807) is 17.3 Å². The van der Waals surface area contributed by atoms with Gasteiger partial charge in [0.15, 0.2) is 0 Å². The van der Waals surface area contributed by atoms with Crippen LogP contribution < -0.4 is 10.2 Å². The Balaban J connectivity index is 1.58. The van der Waals surface area contributed by atoms with E-state index in [0.29, 0.717) is 0 Å². The minimum Gasteiger partial charge on any atom is -0.367 e. The van der Waals surface area contributed by atoms with E-state index >= 15 is 0 Å². The summed E-state index contributed by atoms with van der Waals surface area (Å²) in [6, 6.07) is 4.00. The Morgan fingerprint density at radius 3 is 2.84 bits per heavy atom. The summed E-state index contributed by atoms with van der Waals surface area (Å²) in [4.78, 5) is 20.7. The van der Waals surface area contributed by atoms with Crippen LogP contribution in [0.3, 0.4) is 0 Å². The molecular formula is C18H26N6O. The maximum absolute atomic E-state index is 12.6. The Morgan fingerprint density at radius 2 is 2.16 bits per heavy atom. The van der Waals surface area contributed by atoms with E-state index in [1.165, 1.54) is 0 Å². The van der Waals surface area contributed by atoms with Gasteiger partial charge in [-0.15, -0.1) is 0 Å². The first-order chi connectivity index (χ1) is 12.0. The highest BCUT2D eigenvalue weighted by atomic mass is 16.2. The fourth-order valence-electron chi connectivity index (χ4n) is 3.22. The minimum absolute atomic E-state index is 0.000942. The largest absolute Gasteiger partial charge is 0.367 e. The van der Waals surface area contributed by atoms with Crippen molar-refractivity contribution in [1.82, 2.24) is 25.0 Å². The number of hydrogen-bond acceptors (Lipinski definition) is 4. The number of amides is 2. The van der Waals surface area contributed by atoms with Gasteiger partial charge in [-0.1, -0.05) is 0 Å².